The predicted octanol–water partition coefficient (Wildman–Crippen LogP) is 1.68. The summed E-state index contributed by atoms with van der Waals surface area (Å²) in [6.07, 6.45) is 1.71. The average molecular weight is 289 g/mol. The second-order valence-corrected chi connectivity index (χ2v) is 4.67. The first-order valence-corrected chi connectivity index (χ1v) is 6.54. The molecule has 0 unspecified atom stereocenters. The number of aryl methyl sites for hydroxylation is 2. The lowest BCUT2D eigenvalue weighted by molar-refractivity contribution is 0.0950. The fourth-order valence-electron chi connectivity index (χ4n) is 2.09. The van der Waals surface area contributed by atoms with Crippen molar-refractivity contribution in [1.29, 1.82) is 0 Å². The summed E-state index contributed by atoms with van der Waals surface area (Å²) in [4.78, 5) is 12.1. The normalized spacial score (nSPS) is 10.3. The number of methoxy groups -OCH3 is 2. The summed E-state index contributed by atoms with van der Waals surface area (Å²) in [6, 6.07) is 5.54. The van der Waals surface area contributed by atoms with Gasteiger partial charge in [-0.05, 0) is 24.6 Å². The molecule has 1 heterocycles. The summed E-state index contributed by atoms with van der Waals surface area (Å²) in [7, 11) is 4.96. The molecule has 112 valence electrons. The van der Waals surface area contributed by atoms with E-state index in [0.29, 0.717) is 29.3 Å². The molecule has 0 aliphatic rings. The molecule has 1 aromatic heterocycles. The molecule has 0 radical (unpaired) electrons. The van der Waals surface area contributed by atoms with Crippen molar-refractivity contribution in [3.8, 4) is 11.5 Å². The predicted molar refractivity (Wildman–Crippen MR) is 78.7 cm³/mol. The topological polar surface area (TPSA) is 65.4 Å². The van der Waals surface area contributed by atoms with Crippen LogP contribution >= 0.6 is 0 Å². The van der Waals surface area contributed by atoms with Crippen molar-refractivity contribution >= 4 is 5.91 Å². The molecule has 0 aliphatic carbocycles. The van der Waals surface area contributed by atoms with Gasteiger partial charge >= 0.3 is 0 Å². The number of nitrogens with one attached hydrogen (secondary N) is 1. The highest BCUT2D eigenvalue weighted by molar-refractivity contribution is 5.94. The minimum absolute atomic E-state index is 0.143. The highest BCUT2D eigenvalue weighted by Crippen LogP contribution is 2.27. The fraction of sp³-hybridized carbons (Fsp3) is 0.333. The first kappa shape index (κ1) is 14.9. The van der Waals surface area contributed by atoms with E-state index in [1.807, 2.05) is 25.1 Å². The van der Waals surface area contributed by atoms with Gasteiger partial charge in [0.1, 0.15) is 0 Å². The number of benzene rings is 1. The van der Waals surface area contributed by atoms with E-state index in [4.69, 9.17) is 9.47 Å². The third-order valence-corrected chi connectivity index (χ3v) is 3.16. The zero-order valence-corrected chi connectivity index (χ0v) is 12.6. The van der Waals surface area contributed by atoms with Crippen LogP contribution in [0.4, 0.5) is 0 Å². The largest absolute Gasteiger partial charge is 0.493 e. The molecule has 1 amide bonds. The van der Waals surface area contributed by atoms with Crippen LogP contribution in [-0.4, -0.2) is 29.9 Å². The van der Waals surface area contributed by atoms with Crippen molar-refractivity contribution in [3.05, 3.63) is 41.2 Å². The Bertz CT molecular complexity index is 650. The number of hydrogen-bond donors (Lipinski definition) is 1. The van der Waals surface area contributed by atoms with Crippen LogP contribution in [0, 0.1) is 6.92 Å². The van der Waals surface area contributed by atoms with E-state index in [1.165, 1.54) is 0 Å². The molecule has 0 saturated carbocycles. The van der Waals surface area contributed by atoms with Crippen molar-refractivity contribution in [3.63, 3.8) is 0 Å². The van der Waals surface area contributed by atoms with Gasteiger partial charge in [-0.1, -0.05) is 6.07 Å². The van der Waals surface area contributed by atoms with Crippen LogP contribution in [0.3, 0.4) is 0 Å². The number of rotatable bonds is 5. The third kappa shape index (κ3) is 3.34. The van der Waals surface area contributed by atoms with E-state index >= 15 is 0 Å². The Labute approximate surface area is 123 Å². The molecule has 1 N–H and O–H groups in total. The molecule has 0 atom stereocenters. The molecular weight excluding hydrogens is 270 g/mol. The Morgan fingerprint density at radius 1 is 1.29 bits per heavy atom. The number of carbonyl (C=O) groups is 1. The first-order chi connectivity index (χ1) is 10.0. The maximum Gasteiger partial charge on any atom is 0.255 e. The van der Waals surface area contributed by atoms with Crippen LogP contribution in [0.2, 0.25) is 0 Å². The summed E-state index contributed by atoms with van der Waals surface area (Å²) in [5.41, 5.74) is 2.22. The van der Waals surface area contributed by atoms with Gasteiger partial charge in [-0.3, -0.25) is 9.48 Å². The van der Waals surface area contributed by atoms with Crippen LogP contribution in [0.15, 0.2) is 24.4 Å². The van der Waals surface area contributed by atoms with Crippen molar-refractivity contribution < 1.29 is 14.3 Å². The average Bonchev–Trinajstić information content (AvgIpc) is 2.83. The maximum atomic E-state index is 12.1. The van der Waals surface area contributed by atoms with Gasteiger partial charge in [0.15, 0.2) is 11.5 Å². The van der Waals surface area contributed by atoms with E-state index < -0.39 is 0 Å². The molecule has 6 heteroatoms. The molecule has 2 rings (SSSR count). The van der Waals surface area contributed by atoms with Crippen LogP contribution in [0.5, 0.6) is 11.5 Å². The SMILES string of the molecule is COc1ccc(CNC(=O)c2cn(C)nc2C)cc1OC. The standard InChI is InChI=1S/C15H19N3O3/c1-10-12(9-18(2)17-10)15(19)16-8-11-5-6-13(20-3)14(7-11)21-4/h5-7,9H,8H2,1-4H3,(H,16,19). The van der Waals surface area contributed by atoms with Gasteiger partial charge in [0.25, 0.3) is 5.91 Å². The second kappa shape index (κ2) is 6.30. The molecule has 0 spiro atoms. The molecule has 0 bridgehead atoms. The fourth-order valence-corrected chi connectivity index (χ4v) is 2.09. The molecule has 1 aromatic carbocycles. The monoisotopic (exact) mass is 289 g/mol. The van der Waals surface area contributed by atoms with Crippen LogP contribution in [0.25, 0.3) is 0 Å². The minimum Gasteiger partial charge on any atom is -0.493 e. The lowest BCUT2D eigenvalue weighted by Crippen LogP contribution is -2.23. The van der Waals surface area contributed by atoms with Crippen LogP contribution < -0.4 is 14.8 Å². The Morgan fingerprint density at radius 2 is 2.00 bits per heavy atom. The Hall–Kier alpha value is -2.50. The summed E-state index contributed by atoms with van der Waals surface area (Å²) in [5, 5.41) is 7.03. The molecule has 0 fully saturated rings. The van der Waals surface area contributed by atoms with Crippen molar-refractivity contribution in [2.45, 2.75) is 13.5 Å². The number of aromatic nitrogens is 2. The Balaban J connectivity index is 2.06. The summed E-state index contributed by atoms with van der Waals surface area (Å²) in [5.74, 6) is 1.16. The Kier molecular flexibility index (Phi) is 4.47. The number of amides is 1. The molecule has 21 heavy (non-hydrogen) atoms. The molecule has 0 saturated heterocycles. The lowest BCUT2D eigenvalue weighted by atomic mass is 10.2. The summed E-state index contributed by atoms with van der Waals surface area (Å²) >= 11 is 0. The molecule has 2 aromatic rings. The van der Waals surface area contributed by atoms with Crippen molar-refractivity contribution in [2.75, 3.05) is 14.2 Å². The number of ether oxygens (including phenoxy) is 2. The van der Waals surface area contributed by atoms with Crippen LogP contribution in [0.1, 0.15) is 21.6 Å². The molecule has 6 nitrogen and oxygen atoms in total. The highest BCUT2D eigenvalue weighted by Gasteiger charge is 2.12. The molecular formula is C15H19N3O3. The van der Waals surface area contributed by atoms with Gasteiger partial charge in [-0.2, -0.15) is 5.10 Å². The van der Waals surface area contributed by atoms with E-state index in [9.17, 15) is 4.79 Å². The minimum atomic E-state index is -0.143. The smallest absolute Gasteiger partial charge is 0.255 e. The number of hydrogen-bond acceptors (Lipinski definition) is 4. The van der Waals surface area contributed by atoms with E-state index in [-0.39, 0.29) is 5.91 Å². The van der Waals surface area contributed by atoms with Gasteiger partial charge < -0.3 is 14.8 Å². The zero-order valence-electron chi connectivity index (χ0n) is 12.6. The maximum absolute atomic E-state index is 12.1. The molecule has 0 aliphatic heterocycles. The second-order valence-electron chi connectivity index (χ2n) is 4.67. The van der Waals surface area contributed by atoms with Crippen molar-refractivity contribution in [2.24, 2.45) is 7.05 Å². The van der Waals surface area contributed by atoms with E-state index in [2.05, 4.69) is 10.4 Å². The number of carbonyl (C=O) groups excluding carboxylic acids is 1. The third-order valence-electron chi connectivity index (χ3n) is 3.16. The lowest BCUT2D eigenvalue weighted by Gasteiger charge is -2.10. The van der Waals surface area contributed by atoms with Gasteiger partial charge in [-0.25, -0.2) is 0 Å². The Morgan fingerprint density at radius 3 is 2.57 bits per heavy atom. The zero-order chi connectivity index (χ0) is 15.4. The highest BCUT2D eigenvalue weighted by atomic mass is 16.5. The summed E-state index contributed by atoms with van der Waals surface area (Å²) < 4.78 is 12.0. The van der Waals surface area contributed by atoms with Crippen LogP contribution in [-0.2, 0) is 13.6 Å². The van der Waals surface area contributed by atoms with Gasteiger partial charge in [0.2, 0.25) is 0 Å². The van der Waals surface area contributed by atoms with Gasteiger partial charge in [0.05, 0.1) is 25.5 Å². The quantitative estimate of drug-likeness (QED) is 0.909. The first-order valence-electron chi connectivity index (χ1n) is 6.54. The van der Waals surface area contributed by atoms with E-state index in [0.717, 1.165) is 5.56 Å². The summed E-state index contributed by atoms with van der Waals surface area (Å²) in [6.45, 7) is 2.22. The van der Waals surface area contributed by atoms with Crippen molar-refractivity contribution in [1.82, 2.24) is 15.1 Å². The number of nitrogens with zero attached hydrogens (tertiary/aromatic N) is 2. The van der Waals surface area contributed by atoms with E-state index in [1.54, 1.807) is 32.1 Å². The van der Waals surface area contributed by atoms with Gasteiger partial charge in [0, 0.05) is 19.8 Å². The van der Waals surface area contributed by atoms with Gasteiger partial charge in [-0.15, -0.1) is 0 Å².